The number of hydrogen-bond donors (Lipinski definition) is 0. The molecule has 2 aliphatic rings. The molecular formula is C11H16N2O. The first-order valence-electron chi connectivity index (χ1n) is 4.89. The van der Waals surface area contributed by atoms with Crippen molar-refractivity contribution in [3.63, 3.8) is 0 Å². The van der Waals surface area contributed by atoms with Crippen LogP contribution in [0.5, 0.6) is 0 Å². The molecular weight excluding hydrogens is 176 g/mol. The summed E-state index contributed by atoms with van der Waals surface area (Å²) in [5, 5.41) is 0. The lowest BCUT2D eigenvalue weighted by atomic mass is 10.3. The molecule has 0 saturated carbocycles. The van der Waals surface area contributed by atoms with Crippen molar-refractivity contribution in [2.24, 2.45) is 0 Å². The van der Waals surface area contributed by atoms with Gasteiger partial charge in [-0.25, -0.2) is 0 Å². The molecule has 0 aromatic carbocycles. The molecule has 14 heavy (non-hydrogen) atoms. The average Bonchev–Trinajstić information content (AvgIpc) is 2.45. The van der Waals surface area contributed by atoms with Crippen molar-refractivity contribution < 1.29 is 4.74 Å². The second-order valence-electron chi connectivity index (χ2n) is 3.74. The number of likely N-dealkylation sites (N-methyl/N-ethyl adjacent to an activating group) is 2. The van der Waals surface area contributed by atoms with Gasteiger partial charge in [0.05, 0.1) is 6.26 Å². The predicted octanol–water partition coefficient (Wildman–Crippen LogP) is 1.17. The molecule has 2 rings (SSSR count). The average molecular weight is 192 g/mol. The van der Waals surface area contributed by atoms with E-state index < -0.39 is 0 Å². The number of hydrogen-bond acceptors (Lipinski definition) is 3. The van der Waals surface area contributed by atoms with E-state index in [2.05, 4.69) is 23.9 Å². The van der Waals surface area contributed by atoms with Crippen LogP contribution in [0.3, 0.4) is 0 Å². The Hall–Kier alpha value is -1.06. The van der Waals surface area contributed by atoms with E-state index >= 15 is 0 Å². The molecule has 2 aliphatic heterocycles. The van der Waals surface area contributed by atoms with Crippen LogP contribution in [0, 0.1) is 0 Å². The summed E-state index contributed by atoms with van der Waals surface area (Å²) >= 11 is 0. The highest BCUT2D eigenvalue weighted by Gasteiger charge is 2.30. The molecule has 0 N–H and O–H groups in total. The van der Waals surface area contributed by atoms with E-state index in [1.165, 1.54) is 0 Å². The van der Waals surface area contributed by atoms with Crippen LogP contribution in [0.2, 0.25) is 0 Å². The van der Waals surface area contributed by atoms with Crippen LogP contribution >= 0.6 is 0 Å². The van der Waals surface area contributed by atoms with Gasteiger partial charge in [0, 0.05) is 13.1 Å². The normalized spacial score (nSPS) is 24.9. The Kier molecular flexibility index (Phi) is 2.70. The minimum Gasteiger partial charge on any atom is -0.466 e. The van der Waals surface area contributed by atoms with Gasteiger partial charge in [0.15, 0.2) is 0 Å². The molecule has 1 fully saturated rings. The molecule has 0 aliphatic carbocycles. The van der Waals surface area contributed by atoms with Crippen LogP contribution in [-0.4, -0.2) is 43.2 Å². The fourth-order valence-corrected chi connectivity index (χ4v) is 1.89. The Bertz CT molecular complexity index is 284. The van der Waals surface area contributed by atoms with Gasteiger partial charge in [0.2, 0.25) is 0 Å². The molecule has 0 bridgehead atoms. The van der Waals surface area contributed by atoms with Gasteiger partial charge >= 0.3 is 0 Å². The van der Waals surface area contributed by atoms with Crippen LogP contribution in [0.25, 0.3) is 0 Å². The summed E-state index contributed by atoms with van der Waals surface area (Å²) in [6.45, 7) is 2.19. The number of allylic oxidation sites excluding steroid dienone is 4. The zero-order valence-electron chi connectivity index (χ0n) is 8.68. The van der Waals surface area contributed by atoms with Crippen LogP contribution < -0.4 is 0 Å². The Morgan fingerprint density at radius 1 is 1.14 bits per heavy atom. The lowest BCUT2D eigenvalue weighted by Gasteiger charge is -2.25. The second kappa shape index (κ2) is 3.98. The van der Waals surface area contributed by atoms with Gasteiger partial charge in [-0.1, -0.05) is 12.2 Å². The van der Waals surface area contributed by atoms with Gasteiger partial charge in [0.25, 0.3) is 0 Å². The Balaban J connectivity index is 2.17. The number of rotatable bonds is 1. The standard InChI is InChI=1S/C11H16N2O/c1-12-7-8-13(2)11(12)10-6-4-3-5-9-14-10/h3-6,9,11H,7-8H2,1-2H3. The maximum absolute atomic E-state index is 5.56. The molecule has 0 aromatic rings. The van der Waals surface area contributed by atoms with E-state index in [0.29, 0.717) is 0 Å². The van der Waals surface area contributed by atoms with Gasteiger partial charge in [-0.3, -0.25) is 9.80 Å². The maximum Gasteiger partial charge on any atom is 0.135 e. The molecule has 76 valence electrons. The van der Waals surface area contributed by atoms with Crippen molar-refractivity contribution in [3.8, 4) is 0 Å². The maximum atomic E-state index is 5.56. The SMILES string of the molecule is CN1CCN(C)C1C1=CC=CC=CO1. The van der Waals surface area contributed by atoms with Crippen molar-refractivity contribution in [3.05, 3.63) is 36.3 Å². The van der Waals surface area contributed by atoms with Gasteiger partial charge in [-0.05, 0) is 26.2 Å². The molecule has 0 radical (unpaired) electrons. The largest absolute Gasteiger partial charge is 0.466 e. The predicted molar refractivity (Wildman–Crippen MR) is 56.5 cm³/mol. The van der Waals surface area contributed by atoms with Crippen molar-refractivity contribution in [2.45, 2.75) is 6.17 Å². The van der Waals surface area contributed by atoms with Gasteiger partial charge in [-0.15, -0.1) is 0 Å². The summed E-state index contributed by atoms with van der Waals surface area (Å²) < 4.78 is 5.56. The summed E-state index contributed by atoms with van der Waals surface area (Å²) in [5.41, 5.74) is 0. The number of nitrogens with zero attached hydrogens (tertiary/aromatic N) is 2. The molecule has 0 aromatic heterocycles. The molecule has 0 spiro atoms. The van der Waals surface area contributed by atoms with Crippen molar-refractivity contribution in [1.29, 1.82) is 0 Å². The van der Waals surface area contributed by atoms with Gasteiger partial charge < -0.3 is 4.74 Å². The van der Waals surface area contributed by atoms with E-state index in [4.69, 9.17) is 4.74 Å². The molecule has 3 nitrogen and oxygen atoms in total. The van der Waals surface area contributed by atoms with Gasteiger partial charge in [-0.2, -0.15) is 0 Å². The second-order valence-corrected chi connectivity index (χ2v) is 3.74. The zero-order valence-corrected chi connectivity index (χ0v) is 8.68. The highest BCUT2D eigenvalue weighted by Crippen LogP contribution is 2.20. The van der Waals surface area contributed by atoms with E-state index in [-0.39, 0.29) is 6.17 Å². The first-order chi connectivity index (χ1) is 6.79. The van der Waals surface area contributed by atoms with Crippen LogP contribution in [0.1, 0.15) is 0 Å². The topological polar surface area (TPSA) is 15.7 Å². The Morgan fingerprint density at radius 2 is 1.86 bits per heavy atom. The zero-order chi connectivity index (χ0) is 9.97. The van der Waals surface area contributed by atoms with Gasteiger partial charge in [0.1, 0.15) is 11.9 Å². The Labute approximate surface area is 84.9 Å². The van der Waals surface area contributed by atoms with Crippen molar-refractivity contribution in [2.75, 3.05) is 27.2 Å². The summed E-state index contributed by atoms with van der Waals surface area (Å²) in [4.78, 5) is 4.58. The van der Waals surface area contributed by atoms with E-state index in [1.807, 2.05) is 24.3 Å². The molecule has 3 heteroatoms. The van der Waals surface area contributed by atoms with E-state index in [9.17, 15) is 0 Å². The number of ether oxygens (including phenoxy) is 1. The minimum absolute atomic E-state index is 0.280. The van der Waals surface area contributed by atoms with Crippen LogP contribution in [0.4, 0.5) is 0 Å². The molecule has 1 saturated heterocycles. The van der Waals surface area contributed by atoms with E-state index in [0.717, 1.165) is 18.8 Å². The molecule has 0 atom stereocenters. The fraction of sp³-hybridized carbons (Fsp3) is 0.455. The first-order valence-corrected chi connectivity index (χ1v) is 4.89. The summed E-state index contributed by atoms with van der Waals surface area (Å²) in [6.07, 6.45) is 9.93. The van der Waals surface area contributed by atoms with E-state index in [1.54, 1.807) is 6.26 Å². The Morgan fingerprint density at radius 3 is 2.57 bits per heavy atom. The lowest BCUT2D eigenvalue weighted by molar-refractivity contribution is 0.153. The van der Waals surface area contributed by atoms with Crippen LogP contribution in [0.15, 0.2) is 36.3 Å². The first kappa shape index (κ1) is 9.49. The fourth-order valence-electron chi connectivity index (χ4n) is 1.89. The monoisotopic (exact) mass is 192 g/mol. The highest BCUT2D eigenvalue weighted by atomic mass is 16.5. The third-order valence-electron chi connectivity index (χ3n) is 2.66. The quantitative estimate of drug-likeness (QED) is 0.620. The highest BCUT2D eigenvalue weighted by molar-refractivity contribution is 5.20. The third kappa shape index (κ3) is 1.74. The summed E-state index contributed by atoms with van der Waals surface area (Å²) in [7, 11) is 4.24. The van der Waals surface area contributed by atoms with Crippen molar-refractivity contribution in [1.82, 2.24) is 9.80 Å². The smallest absolute Gasteiger partial charge is 0.135 e. The molecule has 2 heterocycles. The minimum atomic E-state index is 0.280. The molecule has 0 amide bonds. The van der Waals surface area contributed by atoms with Crippen LogP contribution in [-0.2, 0) is 4.74 Å². The molecule has 0 unspecified atom stereocenters. The lowest BCUT2D eigenvalue weighted by Crippen LogP contribution is -2.36. The summed E-state index contributed by atoms with van der Waals surface area (Å²) in [5.74, 6) is 0.998. The summed E-state index contributed by atoms with van der Waals surface area (Å²) in [6, 6.07) is 0. The van der Waals surface area contributed by atoms with Crippen molar-refractivity contribution >= 4 is 0 Å². The third-order valence-corrected chi connectivity index (χ3v) is 2.66.